The standard InChI is InChI=1S/C17H20ClN3O4S/c1-24-17(23)13(9-10-26-2)19-14(22)7-8-15-20-16(21-25-15)11-3-5-12(18)6-4-11/h3-6,13H,7-10H2,1-2H3,(H,19,22). The molecule has 1 aromatic heterocycles. The van der Waals surface area contributed by atoms with Gasteiger partial charge in [0.1, 0.15) is 6.04 Å². The Morgan fingerprint density at radius 2 is 2.08 bits per heavy atom. The Morgan fingerprint density at radius 3 is 2.73 bits per heavy atom. The van der Waals surface area contributed by atoms with Crippen molar-refractivity contribution in [2.45, 2.75) is 25.3 Å². The summed E-state index contributed by atoms with van der Waals surface area (Å²) in [6.07, 6.45) is 2.86. The summed E-state index contributed by atoms with van der Waals surface area (Å²) in [4.78, 5) is 28.1. The zero-order valence-corrected chi connectivity index (χ0v) is 16.1. The van der Waals surface area contributed by atoms with E-state index in [2.05, 4.69) is 15.5 Å². The van der Waals surface area contributed by atoms with Crippen LogP contribution >= 0.6 is 23.4 Å². The highest BCUT2D eigenvalue weighted by Gasteiger charge is 2.21. The summed E-state index contributed by atoms with van der Waals surface area (Å²) < 4.78 is 9.89. The minimum absolute atomic E-state index is 0.134. The van der Waals surface area contributed by atoms with Gasteiger partial charge >= 0.3 is 5.97 Å². The number of nitrogens with zero attached hydrogens (tertiary/aromatic N) is 2. The topological polar surface area (TPSA) is 94.3 Å². The molecular weight excluding hydrogens is 378 g/mol. The molecule has 1 aromatic carbocycles. The highest BCUT2D eigenvalue weighted by molar-refractivity contribution is 7.98. The quantitative estimate of drug-likeness (QED) is 0.650. The van der Waals surface area contributed by atoms with Crippen molar-refractivity contribution in [3.05, 3.63) is 35.2 Å². The van der Waals surface area contributed by atoms with E-state index in [1.165, 1.54) is 7.11 Å². The molecule has 1 heterocycles. The van der Waals surface area contributed by atoms with Crippen LogP contribution in [0, 0.1) is 0 Å². The van der Waals surface area contributed by atoms with Gasteiger partial charge in [-0.25, -0.2) is 4.79 Å². The number of aromatic nitrogens is 2. The Kier molecular flexibility index (Phi) is 7.93. The van der Waals surface area contributed by atoms with Gasteiger partial charge in [-0.05, 0) is 42.7 Å². The number of halogens is 1. The van der Waals surface area contributed by atoms with Crippen LogP contribution in [0.5, 0.6) is 0 Å². The molecule has 0 aliphatic carbocycles. The summed E-state index contributed by atoms with van der Waals surface area (Å²) in [6, 6.07) is 6.41. The van der Waals surface area contributed by atoms with Gasteiger partial charge in [0, 0.05) is 23.4 Å². The van der Waals surface area contributed by atoms with E-state index in [4.69, 9.17) is 20.9 Å². The highest BCUT2D eigenvalue weighted by Crippen LogP contribution is 2.19. The molecule has 0 aliphatic rings. The Labute approximate surface area is 160 Å². The number of aryl methyl sites for hydroxylation is 1. The third-order valence-corrected chi connectivity index (χ3v) is 4.46. The number of esters is 1. The maximum Gasteiger partial charge on any atom is 0.328 e. The van der Waals surface area contributed by atoms with E-state index < -0.39 is 12.0 Å². The summed E-state index contributed by atoms with van der Waals surface area (Å²) in [5, 5.41) is 7.21. The average Bonchev–Trinajstić information content (AvgIpc) is 3.12. The van der Waals surface area contributed by atoms with Crippen molar-refractivity contribution in [3.8, 4) is 11.4 Å². The van der Waals surface area contributed by atoms with Gasteiger partial charge in [0.15, 0.2) is 0 Å². The van der Waals surface area contributed by atoms with Crippen LogP contribution in [-0.2, 0) is 20.7 Å². The molecule has 1 amide bonds. The zero-order valence-electron chi connectivity index (χ0n) is 14.5. The Balaban J connectivity index is 1.88. The van der Waals surface area contributed by atoms with Crippen LogP contribution in [0.4, 0.5) is 0 Å². The van der Waals surface area contributed by atoms with E-state index in [0.29, 0.717) is 23.2 Å². The molecule has 26 heavy (non-hydrogen) atoms. The fourth-order valence-electron chi connectivity index (χ4n) is 2.19. The smallest absolute Gasteiger partial charge is 0.328 e. The minimum Gasteiger partial charge on any atom is -0.467 e. The molecule has 2 aromatic rings. The molecule has 1 N–H and O–H groups in total. The number of carbonyl (C=O) groups excluding carboxylic acids is 2. The average molecular weight is 398 g/mol. The van der Waals surface area contributed by atoms with Crippen molar-refractivity contribution >= 4 is 35.2 Å². The van der Waals surface area contributed by atoms with Gasteiger partial charge < -0.3 is 14.6 Å². The first-order chi connectivity index (χ1) is 12.5. The van der Waals surface area contributed by atoms with Gasteiger partial charge in [-0.2, -0.15) is 16.7 Å². The number of nitrogens with one attached hydrogen (secondary N) is 1. The summed E-state index contributed by atoms with van der Waals surface area (Å²) >= 11 is 7.45. The van der Waals surface area contributed by atoms with Crippen LogP contribution in [0.1, 0.15) is 18.7 Å². The van der Waals surface area contributed by atoms with Crippen molar-refractivity contribution in [2.24, 2.45) is 0 Å². The van der Waals surface area contributed by atoms with Gasteiger partial charge in [-0.3, -0.25) is 4.79 Å². The van der Waals surface area contributed by atoms with E-state index in [1.54, 1.807) is 36.0 Å². The molecule has 140 valence electrons. The molecule has 9 heteroatoms. The molecule has 0 spiro atoms. The lowest BCUT2D eigenvalue weighted by molar-refractivity contribution is -0.145. The van der Waals surface area contributed by atoms with Gasteiger partial charge in [0.25, 0.3) is 0 Å². The summed E-state index contributed by atoms with van der Waals surface area (Å²) in [5.41, 5.74) is 0.775. The van der Waals surface area contributed by atoms with Crippen LogP contribution in [-0.4, -0.2) is 47.2 Å². The van der Waals surface area contributed by atoms with E-state index in [-0.39, 0.29) is 18.7 Å². The molecule has 1 unspecified atom stereocenters. The predicted octanol–water partition coefficient (Wildman–Crippen LogP) is 2.73. The third-order valence-electron chi connectivity index (χ3n) is 3.57. The maximum absolute atomic E-state index is 12.1. The first kappa shape index (κ1) is 20.3. The van der Waals surface area contributed by atoms with E-state index in [0.717, 1.165) is 11.3 Å². The molecule has 7 nitrogen and oxygen atoms in total. The molecule has 0 radical (unpaired) electrons. The number of carbonyl (C=O) groups is 2. The van der Waals surface area contributed by atoms with Crippen molar-refractivity contribution in [1.29, 1.82) is 0 Å². The number of thioether (sulfide) groups is 1. The van der Waals surface area contributed by atoms with Crippen LogP contribution in [0.3, 0.4) is 0 Å². The lowest BCUT2D eigenvalue weighted by Crippen LogP contribution is -2.42. The van der Waals surface area contributed by atoms with Crippen molar-refractivity contribution in [2.75, 3.05) is 19.1 Å². The molecule has 0 saturated heterocycles. The maximum atomic E-state index is 12.1. The Bertz CT molecular complexity index is 736. The number of rotatable bonds is 9. The van der Waals surface area contributed by atoms with Gasteiger partial charge in [0.05, 0.1) is 7.11 Å². The largest absolute Gasteiger partial charge is 0.467 e. The fourth-order valence-corrected chi connectivity index (χ4v) is 2.78. The monoisotopic (exact) mass is 397 g/mol. The molecule has 0 fully saturated rings. The van der Waals surface area contributed by atoms with Crippen molar-refractivity contribution in [3.63, 3.8) is 0 Å². The van der Waals surface area contributed by atoms with Crippen molar-refractivity contribution in [1.82, 2.24) is 15.5 Å². The van der Waals surface area contributed by atoms with E-state index in [9.17, 15) is 9.59 Å². The van der Waals surface area contributed by atoms with Crippen LogP contribution < -0.4 is 5.32 Å². The zero-order chi connectivity index (χ0) is 18.9. The van der Waals surface area contributed by atoms with Gasteiger partial charge in [-0.15, -0.1) is 0 Å². The molecule has 2 rings (SSSR count). The van der Waals surface area contributed by atoms with Gasteiger partial charge in [0.2, 0.25) is 17.6 Å². The van der Waals surface area contributed by atoms with E-state index >= 15 is 0 Å². The predicted molar refractivity (Wildman–Crippen MR) is 100 cm³/mol. The minimum atomic E-state index is -0.646. The summed E-state index contributed by atoms with van der Waals surface area (Å²) in [5.74, 6) is 0.810. The van der Waals surface area contributed by atoms with Crippen LogP contribution in [0.2, 0.25) is 5.02 Å². The lowest BCUT2D eigenvalue weighted by Gasteiger charge is -2.15. The number of hydrogen-bond acceptors (Lipinski definition) is 7. The third kappa shape index (κ3) is 6.03. The molecule has 1 atom stereocenters. The molecule has 0 saturated carbocycles. The number of benzene rings is 1. The second-order valence-electron chi connectivity index (χ2n) is 5.44. The number of ether oxygens (including phenoxy) is 1. The second-order valence-corrected chi connectivity index (χ2v) is 6.87. The molecule has 0 aliphatic heterocycles. The molecular formula is C17H20ClN3O4S. The Morgan fingerprint density at radius 1 is 1.35 bits per heavy atom. The SMILES string of the molecule is COC(=O)C(CCSC)NC(=O)CCc1nc(-c2ccc(Cl)cc2)no1. The Hall–Kier alpha value is -2.06. The summed E-state index contributed by atoms with van der Waals surface area (Å²) in [7, 11) is 1.30. The number of amides is 1. The number of methoxy groups -OCH3 is 1. The fraction of sp³-hybridized carbons (Fsp3) is 0.412. The van der Waals surface area contributed by atoms with Crippen LogP contribution in [0.15, 0.2) is 28.8 Å². The van der Waals surface area contributed by atoms with Crippen molar-refractivity contribution < 1.29 is 18.8 Å². The van der Waals surface area contributed by atoms with E-state index in [1.807, 2.05) is 6.26 Å². The normalized spacial score (nSPS) is 11.8. The van der Waals surface area contributed by atoms with Crippen LogP contribution in [0.25, 0.3) is 11.4 Å². The molecule has 0 bridgehead atoms. The summed E-state index contributed by atoms with van der Waals surface area (Å²) in [6.45, 7) is 0. The highest BCUT2D eigenvalue weighted by atomic mass is 35.5. The first-order valence-electron chi connectivity index (χ1n) is 7.98. The number of hydrogen-bond donors (Lipinski definition) is 1. The lowest BCUT2D eigenvalue weighted by atomic mass is 10.2. The second kappa shape index (κ2) is 10.2. The first-order valence-corrected chi connectivity index (χ1v) is 9.75. The van der Waals surface area contributed by atoms with Gasteiger partial charge in [-0.1, -0.05) is 16.8 Å².